The van der Waals surface area contributed by atoms with Gasteiger partial charge in [0.15, 0.2) is 5.78 Å². The van der Waals surface area contributed by atoms with Gasteiger partial charge in [-0.3, -0.25) is 9.59 Å². The fourth-order valence-corrected chi connectivity index (χ4v) is 1.64. The zero-order chi connectivity index (χ0) is 13.7. The van der Waals surface area contributed by atoms with Gasteiger partial charge in [0.1, 0.15) is 5.75 Å². The molecule has 4 heteroatoms. The van der Waals surface area contributed by atoms with Crippen LogP contribution in [0.4, 0.5) is 4.39 Å². The number of carbonyl (C=O) groups excluding carboxylic acids is 2. The zero-order valence-electron chi connectivity index (χ0n) is 10.8. The first-order chi connectivity index (χ1) is 8.47. The smallest absolute Gasteiger partial charge is 0.221 e. The molecule has 0 fully saturated rings. The predicted molar refractivity (Wildman–Crippen MR) is 66.7 cm³/mol. The Labute approximate surface area is 106 Å². The number of hydrogen-bond donors (Lipinski definition) is 0. The molecule has 1 rings (SSSR count). The second-order valence-electron chi connectivity index (χ2n) is 4.49. The topological polar surface area (TPSA) is 43.4 Å². The van der Waals surface area contributed by atoms with E-state index >= 15 is 0 Å². The average Bonchev–Trinajstić information content (AvgIpc) is 2.36. The summed E-state index contributed by atoms with van der Waals surface area (Å²) in [7, 11) is 1.40. The van der Waals surface area contributed by atoms with E-state index < -0.39 is 17.7 Å². The normalized spacial score (nSPS) is 12.3. The van der Waals surface area contributed by atoms with Crippen LogP contribution < -0.4 is 4.74 Å². The maximum absolute atomic E-state index is 13.8. The molecule has 0 saturated heterocycles. The molecule has 0 amide bonds. The molecule has 98 valence electrons. The molecule has 0 aliphatic heterocycles. The highest BCUT2D eigenvalue weighted by Gasteiger charge is 2.29. The van der Waals surface area contributed by atoms with E-state index in [1.54, 1.807) is 32.0 Å². The minimum Gasteiger partial charge on any atom is -0.496 e. The van der Waals surface area contributed by atoms with Crippen LogP contribution in [-0.2, 0) is 4.79 Å². The monoisotopic (exact) mass is 252 g/mol. The van der Waals surface area contributed by atoms with Crippen molar-refractivity contribution in [3.63, 3.8) is 0 Å². The first-order valence-electron chi connectivity index (χ1n) is 5.81. The second-order valence-corrected chi connectivity index (χ2v) is 4.49. The molecule has 0 radical (unpaired) electrons. The Hall–Kier alpha value is -1.71. The number of rotatable bonds is 6. The molecule has 0 aromatic heterocycles. The molecule has 0 spiro atoms. The van der Waals surface area contributed by atoms with E-state index in [0.717, 1.165) is 0 Å². The number of ether oxygens (including phenoxy) is 1. The van der Waals surface area contributed by atoms with Gasteiger partial charge >= 0.3 is 0 Å². The van der Waals surface area contributed by atoms with Gasteiger partial charge in [0, 0.05) is 6.42 Å². The van der Waals surface area contributed by atoms with Crippen LogP contribution in [0.3, 0.4) is 0 Å². The quantitative estimate of drug-likeness (QED) is 0.577. The van der Waals surface area contributed by atoms with E-state index in [9.17, 15) is 14.0 Å². The van der Waals surface area contributed by atoms with Crippen LogP contribution in [0.25, 0.3) is 0 Å². The van der Waals surface area contributed by atoms with Gasteiger partial charge in [0.2, 0.25) is 12.0 Å². The zero-order valence-corrected chi connectivity index (χ0v) is 10.8. The lowest BCUT2D eigenvalue weighted by Gasteiger charge is -2.11. The van der Waals surface area contributed by atoms with Crippen molar-refractivity contribution in [1.29, 1.82) is 0 Å². The lowest BCUT2D eigenvalue weighted by atomic mass is 9.98. The van der Waals surface area contributed by atoms with Crippen LogP contribution in [0.1, 0.15) is 30.6 Å². The van der Waals surface area contributed by atoms with Gasteiger partial charge in [0.05, 0.1) is 12.7 Å². The van der Waals surface area contributed by atoms with E-state index in [-0.39, 0.29) is 23.7 Å². The summed E-state index contributed by atoms with van der Waals surface area (Å²) in [6, 6.07) is 6.30. The fraction of sp³-hybridized carbons (Fsp3) is 0.429. The first kappa shape index (κ1) is 14.4. The van der Waals surface area contributed by atoms with Gasteiger partial charge < -0.3 is 4.74 Å². The number of para-hydroxylation sites is 1. The summed E-state index contributed by atoms with van der Waals surface area (Å²) in [5.41, 5.74) is 0.101. The fourth-order valence-electron chi connectivity index (χ4n) is 1.64. The van der Waals surface area contributed by atoms with Crippen molar-refractivity contribution in [3.8, 4) is 5.75 Å². The number of methoxy groups -OCH3 is 1. The number of carbonyl (C=O) groups is 2. The molecule has 1 aromatic carbocycles. The van der Waals surface area contributed by atoms with Gasteiger partial charge in [-0.25, -0.2) is 4.39 Å². The van der Waals surface area contributed by atoms with Crippen molar-refractivity contribution in [3.05, 3.63) is 29.8 Å². The highest BCUT2D eigenvalue weighted by atomic mass is 19.1. The molecule has 1 unspecified atom stereocenters. The number of alkyl halides is 1. The number of ketones is 2. The highest BCUT2D eigenvalue weighted by molar-refractivity contribution is 6.14. The molecule has 0 saturated carbocycles. The van der Waals surface area contributed by atoms with Crippen molar-refractivity contribution < 1.29 is 18.7 Å². The standard InChI is InChI=1S/C14H17FO3/c1-9(2)8-11(16)13(15)14(17)10-6-4-5-7-12(10)18-3/h4-7,9,13H,8H2,1-3H3. The van der Waals surface area contributed by atoms with Crippen molar-refractivity contribution in [2.45, 2.75) is 26.4 Å². The SMILES string of the molecule is COc1ccccc1C(=O)C(F)C(=O)CC(C)C. The molecular weight excluding hydrogens is 235 g/mol. The third-order valence-electron chi connectivity index (χ3n) is 2.49. The minimum absolute atomic E-state index is 0.0289. The van der Waals surface area contributed by atoms with Crippen molar-refractivity contribution >= 4 is 11.6 Å². The van der Waals surface area contributed by atoms with Gasteiger partial charge in [0.25, 0.3) is 0 Å². The molecule has 0 aliphatic rings. The van der Waals surface area contributed by atoms with Gasteiger partial charge in [-0.05, 0) is 18.1 Å². The van der Waals surface area contributed by atoms with Gasteiger partial charge in [-0.15, -0.1) is 0 Å². The number of halogens is 1. The Kier molecular flexibility index (Phi) is 5.01. The molecule has 1 aromatic rings. The highest BCUT2D eigenvalue weighted by Crippen LogP contribution is 2.21. The summed E-state index contributed by atoms with van der Waals surface area (Å²) in [6.07, 6.45) is -2.05. The van der Waals surface area contributed by atoms with Crippen molar-refractivity contribution in [1.82, 2.24) is 0 Å². The molecule has 0 heterocycles. The van der Waals surface area contributed by atoms with E-state index in [1.165, 1.54) is 13.2 Å². The van der Waals surface area contributed by atoms with Crippen LogP contribution in [0.5, 0.6) is 5.75 Å². The van der Waals surface area contributed by atoms with Crippen LogP contribution in [-0.4, -0.2) is 24.8 Å². The Balaban J connectivity index is 2.89. The first-order valence-corrected chi connectivity index (χ1v) is 5.81. The van der Waals surface area contributed by atoms with E-state index in [0.29, 0.717) is 0 Å². The minimum atomic E-state index is -2.11. The van der Waals surface area contributed by atoms with Crippen molar-refractivity contribution in [2.24, 2.45) is 5.92 Å². The lowest BCUT2D eigenvalue weighted by molar-refractivity contribution is -0.122. The van der Waals surface area contributed by atoms with Gasteiger partial charge in [-0.1, -0.05) is 26.0 Å². The number of hydrogen-bond acceptors (Lipinski definition) is 3. The van der Waals surface area contributed by atoms with E-state index in [2.05, 4.69) is 0 Å². The van der Waals surface area contributed by atoms with Crippen molar-refractivity contribution in [2.75, 3.05) is 7.11 Å². The molecule has 0 N–H and O–H groups in total. The Morgan fingerprint density at radius 3 is 2.44 bits per heavy atom. The summed E-state index contributed by atoms with van der Waals surface area (Å²) in [6.45, 7) is 3.61. The summed E-state index contributed by atoms with van der Waals surface area (Å²) in [5.74, 6) is -1.21. The number of Topliss-reactive ketones (excluding diaryl/α,β-unsaturated/α-hetero) is 2. The van der Waals surface area contributed by atoms with E-state index in [1.807, 2.05) is 0 Å². The summed E-state index contributed by atoms with van der Waals surface area (Å²) >= 11 is 0. The largest absolute Gasteiger partial charge is 0.496 e. The maximum atomic E-state index is 13.8. The van der Waals surface area contributed by atoms with Crippen LogP contribution >= 0.6 is 0 Å². The van der Waals surface area contributed by atoms with Crippen LogP contribution in [0.15, 0.2) is 24.3 Å². The molecule has 1 atom stereocenters. The second kappa shape index (κ2) is 6.28. The average molecular weight is 252 g/mol. The number of benzene rings is 1. The Morgan fingerprint density at radius 2 is 1.89 bits per heavy atom. The van der Waals surface area contributed by atoms with Crippen LogP contribution in [0.2, 0.25) is 0 Å². The maximum Gasteiger partial charge on any atom is 0.221 e. The molecule has 0 bridgehead atoms. The van der Waals surface area contributed by atoms with E-state index in [4.69, 9.17) is 4.74 Å². The third kappa shape index (κ3) is 3.39. The summed E-state index contributed by atoms with van der Waals surface area (Å²) in [5, 5.41) is 0. The molecule has 0 aliphatic carbocycles. The predicted octanol–water partition coefficient (Wildman–Crippen LogP) is 2.83. The molecule has 18 heavy (non-hydrogen) atoms. The Bertz CT molecular complexity index is 440. The lowest BCUT2D eigenvalue weighted by Crippen LogP contribution is -2.27. The van der Waals surface area contributed by atoms with Crippen LogP contribution in [0, 0.1) is 5.92 Å². The third-order valence-corrected chi connectivity index (χ3v) is 2.49. The Morgan fingerprint density at radius 1 is 1.28 bits per heavy atom. The molecular formula is C14H17FO3. The molecule has 3 nitrogen and oxygen atoms in total. The summed E-state index contributed by atoms with van der Waals surface area (Å²) < 4.78 is 18.8. The summed E-state index contributed by atoms with van der Waals surface area (Å²) in [4.78, 5) is 23.4. The van der Waals surface area contributed by atoms with Gasteiger partial charge in [-0.2, -0.15) is 0 Å².